The molecule has 2 aliphatic heterocycles. The van der Waals surface area contributed by atoms with Crippen LogP contribution in [0.2, 0.25) is 0 Å². The van der Waals surface area contributed by atoms with Crippen molar-refractivity contribution < 1.29 is 9.21 Å². The summed E-state index contributed by atoms with van der Waals surface area (Å²) in [6.45, 7) is 8.33. The average Bonchev–Trinajstić information content (AvgIpc) is 3.45. The van der Waals surface area contributed by atoms with Crippen LogP contribution in [-0.2, 0) is 6.54 Å². The first-order valence-corrected chi connectivity index (χ1v) is 10.8. The summed E-state index contributed by atoms with van der Waals surface area (Å²) in [7, 11) is 0. The molecule has 1 saturated heterocycles. The van der Waals surface area contributed by atoms with E-state index in [0.717, 1.165) is 39.1 Å². The second-order valence-electron chi connectivity index (χ2n) is 7.88. The minimum Gasteiger partial charge on any atom is -0.447 e. The molecule has 1 aromatic carbocycles. The summed E-state index contributed by atoms with van der Waals surface area (Å²) in [5, 5.41) is 0. The number of nitrogens with zero attached hydrogens (tertiary/aromatic N) is 4. The molecule has 2 aromatic rings. The summed E-state index contributed by atoms with van der Waals surface area (Å²) in [6.07, 6.45) is 11.0. The Morgan fingerprint density at radius 2 is 1.93 bits per heavy atom. The standard InChI is InChI=1S/C24H30N4O2/c1-2-21-11-7-13-28(21)24(29)22-19-30-23(25-22)18-27-16-14-26(15-17-27)12-6-10-20-8-4-3-5-9-20/h3-11,19,21H,2,12-18H2,1H3. The molecule has 30 heavy (non-hydrogen) atoms. The molecule has 6 nitrogen and oxygen atoms in total. The molecule has 3 heterocycles. The lowest BCUT2D eigenvalue weighted by atomic mass is 10.2. The van der Waals surface area contributed by atoms with Crippen LogP contribution in [0.15, 0.2) is 59.2 Å². The van der Waals surface area contributed by atoms with E-state index >= 15 is 0 Å². The smallest absolute Gasteiger partial charge is 0.276 e. The van der Waals surface area contributed by atoms with E-state index in [4.69, 9.17) is 4.42 Å². The highest BCUT2D eigenvalue weighted by atomic mass is 16.3. The van der Waals surface area contributed by atoms with E-state index in [1.165, 1.54) is 11.8 Å². The Morgan fingerprint density at radius 1 is 1.17 bits per heavy atom. The summed E-state index contributed by atoms with van der Waals surface area (Å²) in [5.74, 6) is 0.577. The lowest BCUT2D eigenvalue weighted by molar-refractivity contribution is 0.0741. The first-order chi connectivity index (χ1) is 14.7. The van der Waals surface area contributed by atoms with Crippen LogP contribution in [0.1, 0.15) is 35.3 Å². The van der Waals surface area contributed by atoms with Gasteiger partial charge in [-0.3, -0.25) is 14.6 Å². The summed E-state index contributed by atoms with van der Waals surface area (Å²) in [4.78, 5) is 23.8. The van der Waals surface area contributed by atoms with Gasteiger partial charge in [-0.1, -0.05) is 61.6 Å². The molecular formula is C24H30N4O2. The molecule has 158 valence electrons. The van der Waals surface area contributed by atoms with Gasteiger partial charge in [-0.25, -0.2) is 4.98 Å². The third-order valence-electron chi connectivity index (χ3n) is 5.81. The first-order valence-electron chi connectivity index (χ1n) is 10.8. The van der Waals surface area contributed by atoms with Crippen molar-refractivity contribution >= 4 is 12.0 Å². The van der Waals surface area contributed by atoms with E-state index < -0.39 is 0 Å². The molecule has 0 spiro atoms. The van der Waals surface area contributed by atoms with Crippen LogP contribution in [0, 0.1) is 0 Å². The van der Waals surface area contributed by atoms with Gasteiger partial charge in [0, 0.05) is 39.3 Å². The molecule has 0 aliphatic carbocycles. The van der Waals surface area contributed by atoms with Gasteiger partial charge in [0.1, 0.15) is 6.26 Å². The zero-order valence-corrected chi connectivity index (χ0v) is 17.6. The molecule has 1 amide bonds. The Morgan fingerprint density at radius 3 is 2.70 bits per heavy atom. The second-order valence-corrected chi connectivity index (χ2v) is 7.88. The van der Waals surface area contributed by atoms with Gasteiger partial charge < -0.3 is 9.32 Å². The van der Waals surface area contributed by atoms with Gasteiger partial charge in [0.2, 0.25) is 5.89 Å². The van der Waals surface area contributed by atoms with Gasteiger partial charge in [0.15, 0.2) is 5.69 Å². The van der Waals surface area contributed by atoms with Crippen LogP contribution in [0.25, 0.3) is 6.08 Å². The Bertz CT molecular complexity index is 882. The topological polar surface area (TPSA) is 52.8 Å². The van der Waals surface area contributed by atoms with Crippen molar-refractivity contribution in [2.75, 3.05) is 39.3 Å². The highest BCUT2D eigenvalue weighted by Crippen LogP contribution is 2.17. The number of oxazole rings is 1. The molecule has 1 aromatic heterocycles. The van der Waals surface area contributed by atoms with Gasteiger partial charge in [0.05, 0.1) is 12.6 Å². The predicted molar refractivity (Wildman–Crippen MR) is 118 cm³/mol. The maximum Gasteiger partial charge on any atom is 0.276 e. The van der Waals surface area contributed by atoms with Gasteiger partial charge >= 0.3 is 0 Å². The van der Waals surface area contributed by atoms with Crippen LogP contribution in [-0.4, -0.2) is 70.9 Å². The summed E-state index contributed by atoms with van der Waals surface area (Å²) >= 11 is 0. The van der Waals surface area contributed by atoms with E-state index in [1.54, 1.807) is 0 Å². The Labute approximate surface area is 178 Å². The third-order valence-corrected chi connectivity index (χ3v) is 5.81. The highest BCUT2D eigenvalue weighted by Gasteiger charge is 2.27. The largest absolute Gasteiger partial charge is 0.447 e. The van der Waals surface area contributed by atoms with E-state index in [-0.39, 0.29) is 11.9 Å². The second kappa shape index (κ2) is 9.87. The molecule has 2 aliphatic rings. The number of benzene rings is 1. The minimum atomic E-state index is -0.0446. The van der Waals surface area contributed by atoms with Crippen molar-refractivity contribution in [1.29, 1.82) is 0 Å². The summed E-state index contributed by atoms with van der Waals surface area (Å²) in [6, 6.07) is 10.6. The van der Waals surface area contributed by atoms with Crippen LogP contribution >= 0.6 is 0 Å². The van der Waals surface area contributed by atoms with Crippen molar-refractivity contribution in [2.45, 2.75) is 25.9 Å². The molecule has 1 fully saturated rings. The van der Waals surface area contributed by atoms with Gasteiger partial charge in [-0.05, 0) is 12.0 Å². The fourth-order valence-electron chi connectivity index (χ4n) is 4.01. The fraction of sp³-hybridized carbons (Fsp3) is 0.417. The van der Waals surface area contributed by atoms with Crippen LogP contribution in [0.5, 0.6) is 0 Å². The number of carbonyl (C=O) groups is 1. The zero-order chi connectivity index (χ0) is 20.8. The Hall–Kier alpha value is -2.70. The predicted octanol–water partition coefficient (Wildman–Crippen LogP) is 3.30. The van der Waals surface area contributed by atoms with Crippen LogP contribution in [0.4, 0.5) is 0 Å². The SMILES string of the molecule is CCC1C=CCN1C(=O)c1coc(CN2CCN(CC=Cc3ccccc3)CC2)n1. The number of piperazine rings is 1. The number of hydrogen-bond acceptors (Lipinski definition) is 5. The van der Waals surface area contributed by atoms with Crippen LogP contribution < -0.4 is 0 Å². The molecule has 1 atom stereocenters. The van der Waals surface area contributed by atoms with Crippen molar-refractivity contribution in [3.63, 3.8) is 0 Å². The quantitative estimate of drug-likeness (QED) is 0.661. The maximum atomic E-state index is 12.7. The van der Waals surface area contributed by atoms with E-state index in [2.05, 4.69) is 64.2 Å². The molecule has 0 radical (unpaired) electrons. The van der Waals surface area contributed by atoms with Gasteiger partial charge in [-0.15, -0.1) is 0 Å². The number of hydrogen-bond donors (Lipinski definition) is 0. The maximum absolute atomic E-state index is 12.7. The minimum absolute atomic E-state index is 0.0446. The van der Waals surface area contributed by atoms with Gasteiger partial charge in [0.25, 0.3) is 5.91 Å². The molecule has 1 unspecified atom stereocenters. The summed E-state index contributed by atoms with van der Waals surface area (Å²) in [5.41, 5.74) is 1.65. The number of carbonyl (C=O) groups excluding carboxylic acids is 1. The number of amides is 1. The lowest BCUT2D eigenvalue weighted by Gasteiger charge is -2.33. The molecular weight excluding hydrogens is 376 g/mol. The van der Waals surface area contributed by atoms with Crippen molar-refractivity contribution in [3.8, 4) is 0 Å². The van der Waals surface area contributed by atoms with Crippen molar-refractivity contribution in [3.05, 3.63) is 72.0 Å². The molecule has 0 N–H and O–H groups in total. The van der Waals surface area contributed by atoms with E-state index in [1.807, 2.05) is 17.0 Å². The molecule has 0 saturated carbocycles. The molecule has 0 bridgehead atoms. The normalized spacial score (nSPS) is 20.4. The third kappa shape index (κ3) is 5.07. The number of aromatic nitrogens is 1. The monoisotopic (exact) mass is 406 g/mol. The van der Waals surface area contributed by atoms with Crippen molar-refractivity contribution in [2.24, 2.45) is 0 Å². The highest BCUT2D eigenvalue weighted by molar-refractivity contribution is 5.92. The average molecular weight is 407 g/mol. The van der Waals surface area contributed by atoms with Crippen molar-refractivity contribution in [1.82, 2.24) is 19.7 Å². The molecule has 4 rings (SSSR count). The Kier molecular flexibility index (Phi) is 6.77. The van der Waals surface area contributed by atoms with E-state index in [9.17, 15) is 4.79 Å². The molecule has 6 heteroatoms. The van der Waals surface area contributed by atoms with Gasteiger partial charge in [-0.2, -0.15) is 0 Å². The van der Waals surface area contributed by atoms with E-state index in [0.29, 0.717) is 24.7 Å². The fourth-order valence-corrected chi connectivity index (χ4v) is 4.01. The Balaban J connectivity index is 1.23. The zero-order valence-electron chi connectivity index (χ0n) is 17.6. The lowest BCUT2D eigenvalue weighted by Crippen LogP contribution is -2.45. The number of rotatable bonds is 7. The first kappa shape index (κ1) is 20.6. The van der Waals surface area contributed by atoms with Crippen LogP contribution in [0.3, 0.4) is 0 Å². The summed E-state index contributed by atoms with van der Waals surface area (Å²) < 4.78 is 5.61.